The fraction of sp³-hybridized carbons (Fsp3) is 0.417. The summed E-state index contributed by atoms with van der Waals surface area (Å²) in [5, 5.41) is 0. The first-order chi connectivity index (χ1) is 9.65. The third-order valence-electron chi connectivity index (χ3n) is 2.94. The van der Waals surface area contributed by atoms with Crippen molar-refractivity contribution in [3.63, 3.8) is 0 Å². The van der Waals surface area contributed by atoms with Gasteiger partial charge in [-0.15, -0.1) is 0 Å². The SMILES string of the molecule is FC(F)Oc1ccc(Br)c2oc(N3CCOCC3)nc12. The van der Waals surface area contributed by atoms with Gasteiger partial charge < -0.3 is 18.8 Å². The van der Waals surface area contributed by atoms with Crippen molar-refractivity contribution in [1.82, 2.24) is 4.98 Å². The fourth-order valence-corrected chi connectivity index (χ4v) is 2.42. The molecule has 0 saturated carbocycles. The summed E-state index contributed by atoms with van der Waals surface area (Å²) in [6.45, 7) is -0.436. The molecule has 0 aliphatic carbocycles. The molecular formula is C12H11BrF2N2O3. The van der Waals surface area contributed by atoms with E-state index in [4.69, 9.17) is 9.15 Å². The number of halogens is 3. The third-order valence-corrected chi connectivity index (χ3v) is 3.57. The van der Waals surface area contributed by atoms with Gasteiger partial charge in [0.2, 0.25) is 0 Å². The fourth-order valence-electron chi connectivity index (χ4n) is 2.02. The van der Waals surface area contributed by atoms with E-state index in [1.54, 1.807) is 6.07 Å². The lowest BCUT2D eigenvalue weighted by Crippen LogP contribution is -2.36. The number of morpholine rings is 1. The molecule has 8 heteroatoms. The molecule has 3 rings (SSSR count). The number of ether oxygens (including phenoxy) is 2. The molecule has 5 nitrogen and oxygen atoms in total. The van der Waals surface area contributed by atoms with Gasteiger partial charge in [-0.2, -0.15) is 13.8 Å². The number of anilines is 1. The van der Waals surface area contributed by atoms with Crippen LogP contribution in [0.1, 0.15) is 0 Å². The molecule has 0 spiro atoms. The maximum atomic E-state index is 12.4. The molecule has 0 radical (unpaired) electrons. The highest BCUT2D eigenvalue weighted by molar-refractivity contribution is 9.10. The molecule has 1 aromatic heterocycles. The molecule has 1 aromatic carbocycles. The average Bonchev–Trinajstić information content (AvgIpc) is 2.89. The summed E-state index contributed by atoms with van der Waals surface area (Å²) in [6.07, 6.45) is 0. The molecule has 0 N–H and O–H groups in total. The lowest BCUT2D eigenvalue weighted by atomic mass is 10.3. The number of hydrogen-bond donors (Lipinski definition) is 0. The second-order valence-corrected chi connectivity index (χ2v) is 5.05. The Morgan fingerprint density at radius 2 is 2.05 bits per heavy atom. The van der Waals surface area contributed by atoms with Gasteiger partial charge in [-0.25, -0.2) is 0 Å². The van der Waals surface area contributed by atoms with E-state index < -0.39 is 6.61 Å². The lowest BCUT2D eigenvalue weighted by molar-refractivity contribution is -0.0489. The van der Waals surface area contributed by atoms with E-state index in [0.717, 1.165) is 0 Å². The molecule has 0 bridgehead atoms. The molecule has 1 saturated heterocycles. The Morgan fingerprint density at radius 1 is 1.30 bits per heavy atom. The van der Waals surface area contributed by atoms with Crippen molar-refractivity contribution >= 4 is 33.0 Å². The van der Waals surface area contributed by atoms with Crippen molar-refractivity contribution in [1.29, 1.82) is 0 Å². The van der Waals surface area contributed by atoms with Gasteiger partial charge in [-0.3, -0.25) is 0 Å². The van der Waals surface area contributed by atoms with Crippen LogP contribution in [-0.4, -0.2) is 37.9 Å². The molecular weight excluding hydrogens is 338 g/mol. The summed E-state index contributed by atoms with van der Waals surface area (Å²) in [5.41, 5.74) is 0.672. The van der Waals surface area contributed by atoms with Crippen LogP contribution in [0.4, 0.5) is 14.8 Å². The molecule has 0 atom stereocenters. The average molecular weight is 349 g/mol. The highest BCUT2D eigenvalue weighted by Gasteiger charge is 2.21. The van der Waals surface area contributed by atoms with Gasteiger partial charge in [0.25, 0.3) is 6.01 Å². The Balaban J connectivity index is 2.01. The summed E-state index contributed by atoms with van der Waals surface area (Å²) >= 11 is 3.31. The monoisotopic (exact) mass is 348 g/mol. The number of hydrogen-bond acceptors (Lipinski definition) is 5. The summed E-state index contributed by atoms with van der Waals surface area (Å²) in [7, 11) is 0. The van der Waals surface area contributed by atoms with E-state index in [1.807, 2.05) is 4.90 Å². The van der Waals surface area contributed by atoms with Crippen molar-refractivity contribution in [3.05, 3.63) is 16.6 Å². The van der Waals surface area contributed by atoms with Gasteiger partial charge in [0.15, 0.2) is 16.8 Å². The minimum Gasteiger partial charge on any atom is -0.432 e. The van der Waals surface area contributed by atoms with Crippen molar-refractivity contribution in [3.8, 4) is 5.75 Å². The molecule has 1 aliphatic rings. The Morgan fingerprint density at radius 3 is 2.75 bits per heavy atom. The molecule has 2 aromatic rings. The molecule has 1 fully saturated rings. The zero-order valence-corrected chi connectivity index (χ0v) is 11.9. The van der Waals surface area contributed by atoms with Gasteiger partial charge in [0.05, 0.1) is 17.7 Å². The number of oxazole rings is 1. The Hall–Kier alpha value is -1.41. The van der Waals surface area contributed by atoms with Gasteiger partial charge in [-0.05, 0) is 28.1 Å². The Kier molecular flexibility index (Phi) is 3.75. The van der Waals surface area contributed by atoms with Crippen LogP contribution in [0.25, 0.3) is 11.1 Å². The van der Waals surface area contributed by atoms with Crippen molar-refractivity contribution < 1.29 is 22.7 Å². The lowest BCUT2D eigenvalue weighted by Gasteiger charge is -2.24. The second kappa shape index (κ2) is 5.53. The minimum atomic E-state index is -2.90. The molecule has 0 unspecified atom stereocenters. The maximum Gasteiger partial charge on any atom is 0.387 e. The predicted molar refractivity (Wildman–Crippen MR) is 71.4 cm³/mol. The number of alkyl halides is 2. The predicted octanol–water partition coefficient (Wildman–Crippen LogP) is 3.03. The van der Waals surface area contributed by atoms with Crippen LogP contribution in [0.3, 0.4) is 0 Å². The number of rotatable bonds is 3. The van der Waals surface area contributed by atoms with Crippen molar-refractivity contribution in [2.45, 2.75) is 6.61 Å². The number of nitrogens with zero attached hydrogens (tertiary/aromatic N) is 2. The van der Waals surface area contributed by atoms with E-state index in [9.17, 15) is 8.78 Å². The normalized spacial score (nSPS) is 16.1. The first-order valence-electron chi connectivity index (χ1n) is 6.01. The zero-order valence-electron chi connectivity index (χ0n) is 10.3. The quantitative estimate of drug-likeness (QED) is 0.853. The summed E-state index contributed by atoms with van der Waals surface area (Å²) in [6, 6.07) is 3.41. The van der Waals surface area contributed by atoms with Gasteiger partial charge >= 0.3 is 6.61 Å². The molecule has 20 heavy (non-hydrogen) atoms. The van der Waals surface area contributed by atoms with E-state index in [0.29, 0.717) is 42.4 Å². The molecule has 108 valence electrons. The number of benzene rings is 1. The third kappa shape index (κ3) is 2.57. The van der Waals surface area contributed by atoms with Crippen LogP contribution in [0.15, 0.2) is 21.0 Å². The maximum absolute atomic E-state index is 12.4. The van der Waals surface area contributed by atoms with E-state index in [1.165, 1.54) is 6.07 Å². The van der Waals surface area contributed by atoms with Gasteiger partial charge in [0.1, 0.15) is 0 Å². The Bertz CT molecular complexity index is 614. The first-order valence-corrected chi connectivity index (χ1v) is 6.81. The highest BCUT2D eigenvalue weighted by Crippen LogP contribution is 2.35. The van der Waals surface area contributed by atoms with Crippen molar-refractivity contribution in [2.24, 2.45) is 0 Å². The topological polar surface area (TPSA) is 47.7 Å². The second-order valence-electron chi connectivity index (χ2n) is 4.20. The summed E-state index contributed by atoms with van der Waals surface area (Å²) in [5.74, 6) is 0.00135. The highest BCUT2D eigenvalue weighted by atomic mass is 79.9. The Labute approximate surface area is 121 Å². The van der Waals surface area contributed by atoms with Crippen LogP contribution in [0.2, 0.25) is 0 Å². The first kappa shape index (κ1) is 13.6. The molecule has 1 aliphatic heterocycles. The smallest absolute Gasteiger partial charge is 0.387 e. The van der Waals surface area contributed by atoms with E-state index in [-0.39, 0.29) is 11.3 Å². The van der Waals surface area contributed by atoms with Crippen LogP contribution >= 0.6 is 15.9 Å². The largest absolute Gasteiger partial charge is 0.432 e. The van der Waals surface area contributed by atoms with E-state index in [2.05, 4.69) is 25.7 Å². The standard InChI is InChI=1S/C12H11BrF2N2O3/c13-7-1-2-8(19-11(14)15)9-10(7)20-12(16-9)17-3-5-18-6-4-17/h1-2,11H,3-6H2. The zero-order chi connectivity index (χ0) is 14.1. The summed E-state index contributed by atoms with van der Waals surface area (Å²) in [4.78, 5) is 6.17. The van der Waals surface area contributed by atoms with Crippen LogP contribution in [0, 0.1) is 0 Å². The molecule has 2 heterocycles. The number of fused-ring (bicyclic) bond motifs is 1. The number of aromatic nitrogens is 1. The van der Waals surface area contributed by atoms with Crippen LogP contribution in [0.5, 0.6) is 5.75 Å². The van der Waals surface area contributed by atoms with Crippen LogP contribution < -0.4 is 9.64 Å². The van der Waals surface area contributed by atoms with Gasteiger partial charge in [-0.1, -0.05) is 0 Å². The molecule has 0 amide bonds. The minimum absolute atomic E-state index is 0.00135. The van der Waals surface area contributed by atoms with Crippen LogP contribution in [-0.2, 0) is 4.74 Å². The van der Waals surface area contributed by atoms with Gasteiger partial charge in [0, 0.05) is 13.1 Å². The van der Waals surface area contributed by atoms with Crippen molar-refractivity contribution in [2.75, 3.05) is 31.2 Å². The van der Waals surface area contributed by atoms with E-state index >= 15 is 0 Å². The summed E-state index contributed by atoms with van der Waals surface area (Å²) < 4.78 is 40.8.